The van der Waals surface area contributed by atoms with Crippen LogP contribution >= 0.6 is 12.4 Å². The van der Waals surface area contributed by atoms with Crippen LogP contribution in [0.25, 0.3) is 0 Å². The molecule has 0 unspecified atom stereocenters. The first-order valence-corrected chi connectivity index (χ1v) is 7.60. The number of nitrogen functional groups attached to an aromatic ring is 1. The standard InChI is InChI=1S/C18H22N2O4.ClH/c1-22-9-4-10-24-15-6-3-5-13(11-15)18(21)20-14-7-8-17(23-2)16(19)12-14;/h3,5-8,11-12H,4,9-10,19H2,1-2H3,(H,20,21);1H. The Balaban J connectivity index is 0.00000312. The Hall–Kier alpha value is -2.44. The molecule has 0 fully saturated rings. The molecule has 1 amide bonds. The molecule has 0 atom stereocenters. The summed E-state index contributed by atoms with van der Waals surface area (Å²) < 4.78 is 15.7. The van der Waals surface area contributed by atoms with Gasteiger partial charge in [0.25, 0.3) is 5.91 Å². The van der Waals surface area contributed by atoms with Gasteiger partial charge in [-0.25, -0.2) is 0 Å². The highest BCUT2D eigenvalue weighted by atomic mass is 35.5. The van der Waals surface area contributed by atoms with E-state index in [1.54, 1.807) is 50.6 Å². The van der Waals surface area contributed by atoms with Gasteiger partial charge in [0.1, 0.15) is 11.5 Å². The topological polar surface area (TPSA) is 82.8 Å². The Morgan fingerprint density at radius 3 is 2.60 bits per heavy atom. The fourth-order valence-electron chi connectivity index (χ4n) is 2.14. The predicted octanol–water partition coefficient (Wildman–Crippen LogP) is 3.37. The number of carbonyl (C=O) groups excluding carboxylic acids is 1. The van der Waals surface area contributed by atoms with Gasteiger partial charge in [-0.15, -0.1) is 12.4 Å². The molecular formula is C18H23ClN2O4. The van der Waals surface area contributed by atoms with E-state index in [1.807, 2.05) is 6.07 Å². The quantitative estimate of drug-likeness (QED) is 0.553. The van der Waals surface area contributed by atoms with E-state index in [0.29, 0.717) is 41.7 Å². The average molecular weight is 367 g/mol. The molecule has 0 aliphatic carbocycles. The van der Waals surface area contributed by atoms with E-state index in [-0.39, 0.29) is 18.3 Å². The number of carbonyl (C=O) groups is 1. The van der Waals surface area contributed by atoms with Gasteiger partial charge in [0.15, 0.2) is 0 Å². The number of hydrogen-bond donors (Lipinski definition) is 2. The van der Waals surface area contributed by atoms with Crippen molar-refractivity contribution < 1.29 is 19.0 Å². The van der Waals surface area contributed by atoms with Crippen LogP contribution in [0.15, 0.2) is 42.5 Å². The minimum Gasteiger partial charge on any atom is -0.495 e. The summed E-state index contributed by atoms with van der Waals surface area (Å²) >= 11 is 0. The van der Waals surface area contributed by atoms with E-state index < -0.39 is 0 Å². The maximum Gasteiger partial charge on any atom is 0.255 e. The molecule has 2 rings (SSSR count). The molecule has 0 radical (unpaired) electrons. The van der Waals surface area contributed by atoms with E-state index in [2.05, 4.69) is 5.32 Å². The Kier molecular flexibility index (Phi) is 8.60. The predicted molar refractivity (Wildman–Crippen MR) is 101 cm³/mol. The Morgan fingerprint density at radius 2 is 1.92 bits per heavy atom. The normalized spacial score (nSPS) is 9.84. The van der Waals surface area contributed by atoms with Gasteiger partial charge in [-0.1, -0.05) is 6.07 Å². The van der Waals surface area contributed by atoms with Gasteiger partial charge >= 0.3 is 0 Å². The third-order valence-electron chi connectivity index (χ3n) is 3.35. The second kappa shape index (κ2) is 10.4. The summed E-state index contributed by atoms with van der Waals surface area (Å²) in [6.45, 7) is 1.17. The first kappa shape index (κ1) is 20.6. The molecule has 0 heterocycles. The lowest BCUT2D eigenvalue weighted by Crippen LogP contribution is -2.12. The highest BCUT2D eigenvalue weighted by Crippen LogP contribution is 2.25. The molecular weight excluding hydrogens is 344 g/mol. The monoisotopic (exact) mass is 366 g/mol. The van der Waals surface area contributed by atoms with Crippen LogP contribution in [-0.2, 0) is 4.74 Å². The summed E-state index contributed by atoms with van der Waals surface area (Å²) in [5.41, 5.74) is 7.42. The number of rotatable bonds is 8. The largest absolute Gasteiger partial charge is 0.495 e. The number of nitrogens with two attached hydrogens (primary N) is 1. The van der Waals surface area contributed by atoms with Gasteiger partial charge in [-0.2, -0.15) is 0 Å². The number of anilines is 2. The van der Waals surface area contributed by atoms with Crippen LogP contribution in [0.1, 0.15) is 16.8 Å². The molecule has 0 saturated carbocycles. The van der Waals surface area contributed by atoms with E-state index in [1.165, 1.54) is 0 Å². The fraction of sp³-hybridized carbons (Fsp3) is 0.278. The molecule has 7 heteroatoms. The first-order chi connectivity index (χ1) is 11.6. The second-order valence-corrected chi connectivity index (χ2v) is 5.13. The zero-order valence-corrected chi connectivity index (χ0v) is 15.1. The number of amides is 1. The smallest absolute Gasteiger partial charge is 0.255 e. The molecule has 0 saturated heterocycles. The SMILES string of the molecule is COCCCOc1cccc(C(=O)Nc2ccc(OC)c(N)c2)c1.Cl. The lowest BCUT2D eigenvalue weighted by Gasteiger charge is -2.10. The van der Waals surface area contributed by atoms with Crippen LogP contribution in [0.3, 0.4) is 0 Å². The van der Waals surface area contributed by atoms with Crippen molar-refractivity contribution >= 4 is 29.7 Å². The molecule has 6 nitrogen and oxygen atoms in total. The summed E-state index contributed by atoms with van der Waals surface area (Å²) in [7, 11) is 3.19. The summed E-state index contributed by atoms with van der Waals surface area (Å²) in [4.78, 5) is 12.3. The van der Waals surface area contributed by atoms with Crippen LogP contribution < -0.4 is 20.5 Å². The number of nitrogens with one attached hydrogen (secondary N) is 1. The Labute approximate surface area is 153 Å². The number of benzene rings is 2. The maximum atomic E-state index is 12.3. The molecule has 0 spiro atoms. The van der Waals surface area contributed by atoms with Gasteiger partial charge in [-0.3, -0.25) is 4.79 Å². The van der Waals surface area contributed by atoms with Crippen molar-refractivity contribution in [3.8, 4) is 11.5 Å². The van der Waals surface area contributed by atoms with Crippen molar-refractivity contribution in [1.82, 2.24) is 0 Å². The third kappa shape index (κ3) is 6.17. The second-order valence-electron chi connectivity index (χ2n) is 5.13. The van der Waals surface area contributed by atoms with Crippen LogP contribution in [0.2, 0.25) is 0 Å². The number of halogens is 1. The van der Waals surface area contributed by atoms with E-state index in [9.17, 15) is 4.79 Å². The Bertz CT molecular complexity index is 695. The number of methoxy groups -OCH3 is 2. The van der Waals surface area contributed by atoms with Crippen molar-refractivity contribution in [2.45, 2.75) is 6.42 Å². The first-order valence-electron chi connectivity index (χ1n) is 7.60. The van der Waals surface area contributed by atoms with Crippen LogP contribution in [0.4, 0.5) is 11.4 Å². The highest BCUT2D eigenvalue weighted by molar-refractivity contribution is 6.04. The summed E-state index contributed by atoms with van der Waals surface area (Å²) in [5.74, 6) is 0.981. The third-order valence-corrected chi connectivity index (χ3v) is 3.35. The summed E-state index contributed by atoms with van der Waals surface area (Å²) in [5, 5.41) is 2.80. The van der Waals surface area contributed by atoms with Crippen LogP contribution in [-0.4, -0.2) is 33.3 Å². The molecule has 3 N–H and O–H groups in total. The van der Waals surface area contributed by atoms with Crippen molar-refractivity contribution in [3.05, 3.63) is 48.0 Å². The van der Waals surface area contributed by atoms with E-state index in [4.69, 9.17) is 19.9 Å². The van der Waals surface area contributed by atoms with Gasteiger partial charge in [0.05, 0.1) is 19.4 Å². The number of ether oxygens (including phenoxy) is 3. The fourth-order valence-corrected chi connectivity index (χ4v) is 2.14. The van der Waals surface area contributed by atoms with E-state index in [0.717, 1.165) is 6.42 Å². The molecule has 0 aliphatic rings. The summed E-state index contributed by atoms with van der Waals surface area (Å²) in [6, 6.07) is 12.1. The highest BCUT2D eigenvalue weighted by Gasteiger charge is 2.09. The molecule has 0 aliphatic heterocycles. The zero-order valence-electron chi connectivity index (χ0n) is 14.3. The Morgan fingerprint density at radius 1 is 1.12 bits per heavy atom. The van der Waals surface area contributed by atoms with Crippen molar-refractivity contribution in [2.24, 2.45) is 0 Å². The van der Waals surface area contributed by atoms with Crippen molar-refractivity contribution in [3.63, 3.8) is 0 Å². The minimum absolute atomic E-state index is 0. The average Bonchev–Trinajstić information content (AvgIpc) is 2.59. The van der Waals surface area contributed by atoms with Crippen LogP contribution in [0.5, 0.6) is 11.5 Å². The maximum absolute atomic E-state index is 12.3. The van der Waals surface area contributed by atoms with Gasteiger partial charge in [0.2, 0.25) is 0 Å². The van der Waals surface area contributed by atoms with Crippen molar-refractivity contribution in [1.29, 1.82) is 0 Å². The molecule has 0 bridgehead atoms. The van der Waals surface area contributed by atoms with Crippen molar-refractivity contribution in [2.75, 3.05) is 38.5 Å². The van der Waals surface area contributed by atoms with Crippen LogP contribution in [0, 0.1) is 0 Å². The molecule has 0 aromatic heterocycles. The molecule has 25 heavy (non-hydrogen) atoms. The lowest BCUT2D eigenvalue weighted by atomic mass is 10.2. The van der Waals surface area contributed by atoms with E-state index >= 15 is 0 Å². The minimum atomic E-state index is -0.234. The molecule has 136 valence electrons. The van der Waals surface area contributed by atoms with Gasteiger partial charge in [-0.05, 0) is 36.4 Å². The number of hydrogen-bond acceptors (Lipinski definition) is 5. The summed E-state index contributed by atoms with van der Waals surface area (Å²) in [6.07, 6.45) is 0.790. The van der Waals surface area contributed by atoms with Gasteiger partial charge < -0.3 is 25.3 Å². The van der Waals surface area contributed by atoms with Gasteiger partial charge in [0, 0.05) is 31.4 Å². The zero-order chi connectivity index (χ0) is 17.4. The molecule has 2 aromatic rings. The lowest BCUT2D eigenvalue weighted by molar-refractivity contribution is 0.102. The molecule has 2 aromatic carbocycles.